The van der Waals surface area contributed by atoms with Crippen molar-refractivity contribution in [3.05, 3.63) is 48.4 Å². The summed E-state index contributed by atoms with van der Waals surface area (Å²) in [7, 11) is 0. The molecule has 0 bridgehead atoms. The Balaban J connectivity index is 1.36. The van der Waals surface area contributed by atoms with Crippen molar-refractivity contribution in [2.45, 2.75) is 18.9 Å². The van der Waals surface area contributed by atoms with Crippen LogP contribution in [0, 0.1) is 11.6 Å². The third-order valence-corrected chi connectivity index (χ3v) is 4.81. The molecule has 28 heavy (non-hydrogen) atoms. The molecular formula is C19H20F2N6O. The topological polar surface area (TPSA) is 85.9 Å². The quantitative estimate of drug-likeness (QED) is 0.627. The molecule has 1 aromatic carbocycles. The summed E-state index contributed by atoms with van der Waals surface area (Å²) >= 11 is 0. The average molecular weight is 386 g/mol. The number of H-pyrrole nitrogens is 1. The van der Waals surface area contributed by atoms with Crippen molar-refractivity contribution in [3.63, 3.8) is 0 Å². The summed E-state index contributed by atoms with van der Waals surface area (Å²) in [4.78, 5) is 26.1. The summed E-state index contributed by atoms with van der Waals surface area (Å²) < 4.78 is 26.9. The van der Waals surface area contributed by atoms with Gasteiger partial charge in [-0.15, -0.1) is 0 Å². The molecule has 0 spiro atoms. The molecule has 1 fully saturated rings. The number of aromatic nitrogens is 3. The van der Waals surface area contributed by atoms with Crippen LogP contribution in [0.1, 0.15) is 12.8 Å². The van der Waals surface area contributed by atoms with E-state index in [1.807, 2.05) is 12.3 Å². The van der Waals surface area contributed by atoms with Gasteiger partial charge in [-0.2, -0.15) is 0 Å². The Labute approximate surface area is 160 Å². The molecule has 0 unspecified atom stereocenters. The third-order valence-electron chi connectivity index (χ3n) is 4.81. The van der Waals surface area contributed by atoms with Crippen LogP contribution in [0.2, 0.25) is 0 Å². The zero-order chi connectivity index (χ0) is 19.5. The van der Waals surface area contributed by atoms with Crippen molar-refractivity contribution in [2.75, 3.05) is 29.9 Å². The maximum atomic E-state index is 13.7. The molecule has 0 aliphatic carbocycles. The minimum absolute atomic E-state index is 0.0312. The van der Waals surface area contributed by atoms with E-state index < -0.39 is 11.6 Å². The molecule has 3 N–H and O–H groups in total. The second-order valence-corrected chi connectivity index (χ2v) is 6.74. The highest BCUT2D eigenvalue weighted by atomic mass is 19.2. The SMILES string of the molecule is O=C(CNc1cccc(F)c1F)N[C@H]1CCCN(c2ncnc3[nH]ccc23)C1. The predicted octanol–water partition coefficient (Wildman–Crippen LogP) is 2.43. The number of carbonyl (C=O) groups excluding carboxylic acids is 1. The van der Waals surface area contributed by atoms with E-state index in [0.29, 0.717) is 6.54 Å². The van der Waals surface area contributed by atoms with Crippen LogP contribution in [0.3, 0.4) is 0 Å². The largest absolute Gasteiger partial charge is 0.374 e. The molecule has 9 heteroatoms. The molecule has 1 amide bonds. The smallest absolute Gasteiger partial charge is 0.239 e. The number of amides is 1. The second kappa shape index (κ2) is 7.79. The van der Waals surface area contributed by atoms with E-state index in [9.17, 15) is 13.6 Å². The number of piperidine rings is 1. The number of nitrogens with zero attached hydrogens (tertiary/aromatic N) is 3. The van der Waals surface area contributed by atoms with E-state index in [1.165, 1.54) is 18.5 Å². The minimum Gasteiger partial charge on any atom is -0.374 e. The number of carbonyl (C=O) groups is 1. The number of aromatic amines is 1. The van der Waals surface area contributed by atoms with Crippen molar-refractivity contribution in [3.8, 4) is 0 Å². The fourth-order valence-corrected chi connectivity index (χ4v) is 3.49. The molecule has 7 nitrogen and oxygen atoms in total. The molecule has 1 saturated heterocycles. The number of hydrogen-bond donors (Lipinski definition) is 3. The van der Waals surface area contributed by atoms with Gasteiger partial charge in [0.2, 0.25) is 5.91 Å². The lowest BCUT2D eigenvalue weighted by atomic mass is 10.1. The van der Waals surface area contributed by atoms with Crippen LogP contribution >= 0.6 is 0 Å². The van der Waals surface area contributed by atoms with E-state index in [2.05, 4.69) is 30.5 Å². The van der Waals surface area contributed by atoms with Gasteiger partial charge in [-0.3, -0.25) is 4.79 Å². The maximum absolute atomic E-state index is 13.7. The van der Waals surface area contributed by atoms with Gasteiger partial charge in [0.15, 0.2) is 11.6 Å². The molecule has 1 aliphatic heterocycles. The number of nitrogens with one attached hydrogen (secondary N) is 3. The minimum atomic E-state index is -0.988. The standard InChI is InChI=1S/C19H20F2N6O/c20-14-4-1-5-15(17(14)21)23-9-16(28)26-12-3-2-8-27(10-12)19-13-6-7-22-18(13)24-11-25-19/h1,4-7,11-12,23H,2-3,8-10H2,(H,26,28)(H,22,24,25)/t12-/m0/s1. The van der Waals surface area contributed by atoms with E-state index in [1.54, 1.807) is 0 Å². The summed E-state index contributed by atoms with van der Waals surface area (Å²) in [6, 6.07) is 5.70. The van der Waals surface area contributed by atoms with Crippen LogP contribution in [0.4, 0.5) is 20.3 Å². The van der Waals surface area contributed by atoms with Crippen LogP contribution in [0.5, 0.6) is 0 Å². The Morgan fingerprint density at radius 3 is 3.07 bits per heavy atom. The zero-order valence-corrected chi connectivity index (χ0v) is 15.1. The lowest BCUT2D eigenvalue weighted by molar-refractivity contribution is -0.120. The number of rotatable bonds is 5. The first-order valence-corrected chi connectivity index (χ1v) is 9.12. The normalized spacial score (nSPS) is 16.9. The van der Waals surface area contributed by atoms with E-state index in [4.69, 9.17) is 0 Å². The van der Waals surface area contributed by atoms with Gasteiger partial charge < -0.3 is 20.5 Å². The number of halogens is 2. The lowest BCUT2D eigenvalue weighted by Gasteiger charge is -2.34. The third kappa shape index (κ3) is 3.73. The Bertz CT molecular complexity index is 991. The number of fused-ring (bicyclic) bond motifs is 1. The summed E-state index contributed by atoms with van der Waals surface area (Å²) in [5.41, 5.74) is 0.744. The Morgan fingerprint density at radius 1 is 1.29 bits per heavy atom. The van der Waals surface area contributed by atoms with Gasteiger partial charge in [-0.25, -0.2) is 18.7 Å². The molecule has 1 atom stereocenters. The van der Waals surface area contributed by atoms with Crippen LogP contribution in [-0.4, -0.2) is 46.5 Å². The first-order chi connectivity index (χ1) is 13.6. The number of benzene rings is 1. The number of hydrogen-bond acceptors (Lipinski definition) is 5. The maximum Gasteiger partial charge on any atom is 0.239 e. The molecule has 3 heterocycles. The van der Waals surface area contributed by atoms with Gasteiger partial charge in [-0.1, -0.05) is 6.07 Å². The van der Waals surface area contributed by atoms with Crippen molar-refractivity contribution in [1.29, 1.82) is 0 Å². The summed E-state index contributed by atoms with van der Waals surface area (Å²) in [6.07, 6.45) is 5.10. The lowest BCUT2D eigenvalue weighted by Crippen LogP contribution is -2.49. The average Bonchev–Trinajstić information content (AvgIpc) is 3.18. The molecular weight excluding hydrogens is 366 g/mol. The van der Waals surface area contributed by atoms with Gasteiger partial charge in [0.1, 0.15) is 17.8 Å². The van der Waals surface area contributed by atoms with Gasteiger partial charge in [0.25, 0.3) is 0 Å². The highest BCUT2D eigenvalue weighted by Gasteiger charge is 2.24. The Kier molecular flexibility index (Phi) is 5.05. The van der Waals surface area contributed by atoms with Gasteiger partial charge >= 0.3 is 0 Å². The van der Waals surface area contributed by atoms with Crippen LogP contribution < -0.4 is 15.5 Å². The Morgan fingerprint density at radius 2 is 2.18 bits per heavy atom. The summed E-state index contributed by atoms with van der Waals surface area (Å²) in [5, 5.41) is 6.54. The summed E-state index contributed by atoms with van der Waals surface area (Å²) in [5.74, 6) is -1.37. The molecule has 2 aromatic heterocycles. The highest BCUT2D eigenvalue weighted by Crippen LogP contribution is 2.25. The number of anilines is 2. The van der Waals surface area contributed by atoms with E-state index in [0.717, 1.165) is 42.3 Å². The fraction of sp³-hybridized carbons (Fsp3) is 0.316. The molecule has 4 rings (SSSR count). The van der Waals surface area contributed by atoms with Crippen molar-refractivity contribution < 1.29 is 13.6 Å². The molecule has 0 radical (unpaired) electrons. The molecule has 1 aliphatic rings. The highest BCUT2D eigenvalue weighted by molar-refractivity contribution is 5.87. The predicted molar refractivity (Wildman–Crippen MR) is 102 cm³/mol. The van der Waals surface area contributed by atoms with Crippen molar-refractivity contribution >= 4 is 28.4 Å². The summed E-state index contributed by atoms with van der Waals surface area (Å²) in [6.45, 7) is 1.33. The van der Waals surface area contributed by atoms with Crippen molar-refractivity contribution in [2.24, 2.45) is 0 Å². The van der Waals surface area contributed by atoms with Crippen LogP contribution in [0.15, 0.2) is 36.8 Å². The van der Waals surface area contributed by atoms with Gasteiger partial charge in [0, 0.05) is 25.3 Å². The first kappa shape index (κ1) is 18.1. The van der Waals surface area contributed by atoms with Crippen molar-refractivity contribution in [1.82, 2.24) is 20.3 Å². The van der Waals surface area contributed by atoms with Gasteiger partial charge in [0.05, 0.1) is 17.6 Å². The van der Waals surface area contributed by atoms with Gasteiger partial charge in [-0.05, 0) is 31.0 Å². The van der Waals surface area contributed by atoms with E-state index in [-0.39, 0.29) is 24.2 Å². The van der Waals surface area contributed by atoms with E-state index >= 15 is 0 Å². The fourth-order valence-electron chi connectivity index (χ4n) is 3.49. The zero-order valence-electron chi connectivity index (χ0n) is 15.1. The second-order valence-electron chi connectivity index (χ2n) is 6.74. The monoisotopic (exact) mass is 386 g/mol. The molecule has 0 saturated carbocycles. The molecule has 146 valence electrons. The molecule has 3 aromatic rings. The van der Waals surface area contributed by atoms with Crippen LogP contribution in [-0.2, 0) is 4.79 Å². The first-order valence-electron chi connectivity index (χ1n) is 9.12. The Hall–Kier alpha value is -3.23. The van der Waals surface area contributed by atoms with Crippen LogP contribution in [0.25, 0.3) is 11.0 Å².